The Labute approximate surface area is 192 Å². The van der Waals surface area contributed by atoms with Crippen LogP contribution >= 0.6 is 11.3 Å². The lowest BCUT2D eigenvalue weighted by atomic mass is 9.87. The summed E-state index contributed by atoms with van der Waals surface area (Å²) in [5.74, 6) is 0.682. The molecule has 6 nitrogen and oxygen atoms in total. The Bertz CT molecular complexity index is 1220. The number of benzene rings is 2. The van der Waals surface area contributed by atoms with Crippen molar-refractivity contribution in [3.63, 3.8) is 0 Å². The second-order valence-corrected chi connectivity index (χ2v) is 9.58. The van der Waals surface area contributed by atoms with Crippen LogP contribution in [0.2, 0.25) is 0 Å². The van der Waals surface area contributed by atoms with Crippen LogP contribution in [-0.4, -0.2) is 22.6 Å². The van der Waals surface area contributed by atoms with Gasteiger partial charge in [0.05, 0.1) is 5.69 Å². The van der Waals surface area contributed by atoms with Crippen LogP contribution in [-0.2, 0) is 0 Å². The molecule has 5 rings (SSSR count). The molecule has 0 radical (unpaired) electrons. The summed E-state index contributed by atoms with van der Waals surface area (Å²) in [5, 5.41) is 3.12. The van der Waals surface area contributed by atoms with Gasteiger partial charge < -0.3 is 11.5 Å². The van der Waals surface area contributed by atoms with Crippen LogP contribution < -0.4 is 16.4 Å². The van der Waals surface area contributed by atoms with Crippen LogP contribution in [0.25, 0.3) is 21.8 Å². The average Bonchev–Trinajstić information content (AvgIpc) is 3.26. The van der Waals surface area contributed by atoms with E-state index in [1.807, 2.05) is 0 Å². The third kappa shape index (κ3) is 3.66. The summed E-state index contributed by atoms with van der Waals surface area (Å²) in [6.45, 7) is 4.24. The van der Waals surface area contributed by atoms with E-state index in [0.29, 0.717) is 5.96 Å². The number of nitrogens with two attached hydrogens (primary N) is 2. The largest absolute Gasteiger partial charge is 0.369 e. The molecule has 0 saturated heterocycles. The van der Waals surface area contributed by atoms with Gasteiger partial charge in [0.2, 0.25) is 11.9 Å². The zero-order valence-electron chi connectivity index (χ0n) is 18.5. The quantitative estimate of drug-likeness (QED) is 0.580. The van der Waals surface area contributed by atoms with E-state index in [9.17, 15) is 0 Å². The molecule has 0 unspecified atom stereocenters. The van der Waals surface area contributed by atoms with Crippen molar-refractivity contribution in [3.8, 4) is 21.8 Å². The number of guanidine groups is 2. The molecule has 32 heavy (non-hydrogen) atoms. The highest BCUT2D eigenvalue weighted by atomic mass is 32.1. The predicted octanol–water partition coefficient (Wildman–Crippen LogP) is 5.20. The molecule has 7 heteroatoms. The van der Waals surface area contributed by atoms with Crippen molar-refractivity contribution in [1.82, 2.24) is 4.98 Å². The first kappa shape index (κ1) is 20.7. The first-order valence-corrected chi connectivity index (χ1v) is 12.0. The number of aromatic nitrogens is 1. The van der Waals surface area contributed by atoms with E-state index in [1.165, 1.54) is 23.1 Å². The van der Waals surface area contributed by atoms with Gasteiger partial charge in [-0.15, -0.1) is 11.3 Å². The Balaban J connectivity index is 1.52. The highest BCUT2D eigenvalue weighted by Gasteiger charge is 2.42. The summed E-state index contributed by atoms with van der Waals surface area (Å²) in [5.41, 5.74) is 18.7. The van der Waals surface area contributed by atoms with Gasteiger partial charge in [-0.05, 0) is 63.3 Å². The Morgan fingerprint density at radius 3 is 2.62 bits per heavy atom. The van der Waals surface area contributed by atoms with Gasteiger partial charge in [0.25, 0.3) is 0 Å². The molecule has 1 aliphatic heterocycles. The summed E-state index contributed by atoms with van der Waals surface area (Å²) >= 11 is 1.66. The molecule has 0 atom stereocenters. The van der Waals surface area contributed by atoms with Crippen molar-refractivity contribution in [2.75, 3.05) is 4.90 Å². The van der Waals surface area contributed by atoms with Crippen LogP contribution in [0, 0.1) is 13.8 Å². The number of nitrogens with zero attached hydrogens (tertiary/aromatic N) is 4. The molecule has 1 aromatic heterocycles. The third-order valence-corrected chi connectivity index (χ3v) is 7.27. The summed E-state index contributed by atoms with van der Waals surface area (Å²) in [6, 6.07) is 14.8. The van der Waals surface area contributed by atoms with Gasteiger partial charge in [-0.2, -0.15) is 4.99 Å². The third-order valence-electron chi connectivity index (χ3n) is 6.38. The molecule has 1 spiro atoms. The van der Waals surface area contributed by atoms with E-state index in [0.717, 1.165) is 47.6 Å². The van der Waals surface area contributed by atoms with Gasteiger partial charge in [0, 0.05) is 22.2 Å². The number of anilines is 1. The fraction of sp³-hybridized carbons (Fsp3) is 0.320. The predicted molar refractivity (Wildman–Crippen MR) is 134 cm³/mol. The van der Waals surface area contributed by atoms with E-state index >= 15 is 0 Å². The molecule has 2 aromatic carbocycles. The first-order valence-electron chi connectivity index (χ1n) is 11.1. The number of thiazole rings is 1. The zero-order valence-corrected chi connectivity index (χ0v) is 19.3. The minimum atomic E-state index is -0.445. The number of aryl methyl sites for hydroxylation is 2. The molecule has 0 amide bonds. The second-order valence-electron chi connectivity index (χ2n) is 8.73. The number of rotatable bonds is 3. The van der Waals surface area contributed by atoms with E-state index in [2.05, 4.69) is 71.6 Å². The Morgan fingerprint density at radius 1 is 1.00 bits per heavy atom. The summed E-state index contributed by atoms with van der Waals surface area (Å²) < 4.78 is 0. The normalized spacial score (nSPS) is 17.9. The maximum Gasteiger partial charge on any atom is 0.220 e. The molecular formula is C25H28N6S. The monoisotopic (exact) mass is 444 g/mol. The number of hydrogen-bond acceptors (Lipinski definition) is 7. The van der Waals surface area contributed by atoms with Crippen LogP contribution in [0.3, 0.4) is 0 Å². The molecule has 1 aliphatic carbocycles. The van der Waals surface area contributed by atoms with Crippen molar-refractivity contribution in [3.05, 3.63) is 59.0 Å². The first-order chi connectivity index (χ1) is 15.4. The van der Waals surface area contributed by atoms with Gasteiger partial charge in [-0.1, -0.05) is 36.2 Å². The molecule has 1 fully saturated rings. The van der Waals surface area contributed by atoms with E-state index in [-0.39, 0.29) is 5.96 Å². The number of hydrogen-bond donors (Lipinski definition) is 2. The molecule has 3 aromatic rings. The van der Waals surface area contributed by atoms with Crippen molar-refractivity contribution in [1.29, 1.82) is 0 Å². The second kappa shape index (κ2) is 8.06. The van der Waals surface area contributed by atoms with Crippen molar-refractivity contribution in [2.45, 2.75) is 51.6 Å². The van der Waals surface area contributed by atoms with Crippen molar-refractivity contribution < 1.29 is 0 Å². The molecule has 0 bridgehead atoms. The summed E-state index contributed by atoms with van der Waals surface area (Å²) in [4.78, 5) is 16.1. The van der Waals surface area contributed by atoms with Gasteiger partial charge in [0.1, 0.15) is 10.7 Å². The van der Waals surface area contributed by atoms with E-state index in [1.54, 1.807) is 11.3 Å². The molecule has 2 aliphatic rings. The smallest absolute Gasteiger partial charge is 0.220 e. The molecular weight excluding hydrogens is 416 g/mol. The highest BCUT2D eigenvalue weighted by Crippen LogP contribution is 2.41. The highest BCUT2D eigenvalue weighted by molar-refractivity contribution is 7.13. The molecule has 164 valence electrons. The van der Waals surface area contributed by atoms with Gasteiger partial charge >= 0.3 is 0 Å². The maximum atomic E-state index is 6.41. The SMILES string of the molecule is Cc1ccc(C)c(-c2csc(-c3cccc(N4C(N)=NC(N)=NC45CCCCC5)c3)n2)c1. The standard InChI is InChI=1S/C25H28N6S/c1-16-9-10-17(2)20(13-16)21-15-32-22(28-21)18-7-6-8-19(14-18)31-24(27)29-23(26)30-25(31)11-4-3-5-12-25/h6-10,13-15H,3-5,11-12H2,1-2H3,(H4,26,27,29,30). The number of aliphatic imine (C=N–C) groups is 2. The summed E-state index contributed by atoms with van der Waals surface area (Å²) in [6.07, 6.45) is 5.25. The lowest BCUT2D eigenvalue weighted by molar-refractivity contribution is 0.305. The van der Waals surface area contributed by atoms with E-state index in [4.69, 9.17) is 21.4 Å². The fourth-order valence-electron chi connectivity index (χ4n) is 4.81. The van der Waals surface area contributed by atoms with Crippen molar-refractivity contribution >= 4 is 28.9 Å². The molecule has 4 N–H and O–H groups in total. The fourth-order valence-corrected chi connectivity index (χ4v) is 5.63. The molecule has 2 heterocycles. The van der Waals surface area contributed by atoms with Crippen LogP contribution in [0.5, 0.6) is 0 Å². The summed E-state index contributed by atoms with van der Waals surface area (Å²) in [7, 11) is 0. The Hall–Kier alpha value is -3.19. The minimum Gasteiger partial charge on any atom is -0.369 e. The average molecular weight is 445 g/mol. The van der Waals surface area contributed by atoms with Crippen LogP contribution in [0.15, 0.2) is 57.8 Å². The van der Waals surface area contributed by atoms with Crippen LogP contribution in [0.1, 0.15) is 43.2 Å². The van der Waals surface area contributed by atoms with E-state index < -0.39 is 5.66 Å². The van der Waals surface area contributed by atoms with Crippen LogP contribution in [0.4, 0.5) is 5.69 Å². The zero-order chi connectivity index (χ0) is 22.3. The topological polar surface area (TPSA) is 92.9 Å². The van der Waals surface area contributed by atoms with Gasteiger partial charge in [-0.25, -0.2) is 9.98 Å². The lowest BCUT2D eigenvalue weighted by Gasteiger charge is -2.45. The van der Waals surface area contributed by atoms with Gasteiger partial charge in [0.15, 0.2) is 0 Å². The minimum absolute atomic E-state index is 0.273. The van der Waals surface area contributed by atoms with Crippen molar-refractivity contribution in [2.24, 2.45) is 21.5 Å². The van der Waals surface area contributed by atoms with Gasteiger partial charge in [-0.3, -0.25) is 4.90 Å². The lowest BCUT2D eigenvalue weighted by Crippen LogP contribution is -2.58. The maximum absolute atomic E-state index is 6.41. The Kier molecular flexibility index (Phi) is 5.21. The Morgan fingerprint density at radius 2 is 1.81 bits per heavy atom. The molecule has 1 saturated carbocycles.